The van der Waals surface area contributed by atoms with Crippen LogP contribution in [0.15, 0.2) is 54.7 Å². The predicted octanol–water partition coefficient (Wildman–Crippen LogP) is 2.56. The van der Waals surface area contributed by atoms with Gasteiger partial charge in [-0.1, -0.05) is 35.5 Å². The number of carbonyl (C=O) groups excluding carboxylic acids is 2. The van der Waals surface area contributed by atoms with Crippen LogP contribution in [0.2, 0.25) is 0 Å². The van der Waals surface area contributed by atoms with Crippen LogP contribution in [0.1, 0.15) is 40.5 Å². The van der Waals surface area contributed by atoms with E-state index in [1.54, 1.807) is 11.7 Å². The third-order valence-corrected chi connectivity index (χ3v) is 4.70. The van der Waals surface area contributed by atoms with Crippen molar-refractivity contribution in [1.82, 2.24) is 25.8 Å². The molecule has 0 unspecified atom stereocenters. The number of hydrogen-bond donors (Lipinski definition) is 3. The zero-order chi connectivity index (χ0) is 22.2. The van der Waals surface area contributed by atoms with Gasteiger partial charge in [0, 0.05) is 5.56 Å². The summed E-state index contributed by atoms with van der Waals surface area (Å²) in [6, 6.07) is 12.2. The summed E-state index contributed by atoms with van der Waals surface area (Å²) in [5, 5.41) is 19.5. The molecule has 2 aromatic carbocycles. The van der Waals surface area contributed by atoms with Crippen LogP contribution in [0.5, 0.6) is 0 Å². The minimum Gasteiger partial charge on any atom is -0.346 e. The summed E-state index contributed by atoms with van der Waals surface area (Å²) in [6.45, 7) is 0.00936. The quantitative estimate of drug-likeness (QED) is 0.358. The van der Waals surface area contributed by atoms with E-state index in [0.29, 0.717) is 18.5 Å². The van der Waals surface area contributed by atoms with Gasteiger partial charge in [0.05, 0.1) is 25.2 Å². The number of aromatic nitrogens is 3. The van der Waals surface area contributed by atoms with Crippen LogP contribution >= 0.6 is 0 Å². The van der Waals surface area contributed by atoms with Crippen molar-refractivity contribution in [3.05, 3.63) is 83.2 Å². The van der Waals surface area contributed by atoms with E-state index < -0.39 is 23.4 Å². The van der Waals surface area contributed by atoms with E-state index in [4.69, 9.17) is 5.21 Å². The molecule has 3 aromatic rings. The molecule has 2 amide bonds. The van der Waals surface area contributed by atoms with Crippen molar-refractivity contribution < 1.29 is 23.6 Å². The average Bonchev–Trinajstić information content (AvgIpc) is 3.26. The molecule has 0 aliphatic rings. The Bertz CT molecular complexity index is 1040. The van der Waals surface area contributed by atoms with Gasteiger partial charge in [-0.05, 0) is 36.6 Å². The molecule has 0 aliphatic heterocycles. The number of hydrogen-bond acceptors (Lipinski definition) is 5. The van der Waals surface area contributed by atoms with Crippen molar-refractivity contribution in [2.75, 3.05) is 0 Å². The Morgan fingerprint density at radius 2 is 1.87 bits per heavy atom. The number of nitrogens with one attached hydrogen (secondary N) is 2. The molecule has 1 heterocycles. The Morgan fingerprint density at radius 3 is 2.58 bits per heavy atom. The molecule has 3 rings (SSSR count). The highest BCUT2D eigenvalue weighted by Gasteiger charge is 2.18. The van der Waals surface area contributed by atoms with Gasteiger partial charge in [0.15, 0.2) is 11.6 Å². The molecule has 0 spiro atoms. The summed E-state index contributed by atoms with van der Waals surface area (Å²) in [6.07, 6.45) is 2.84. The summed E-state index contributed by atoms with van der Waals surface area (Å²) in [7, 11) is 0. The lowest BCUT2D eigenvalue weighted by Gasteiger charge is -2.15. The summed E-state index contributed by atoms with van der Waals surface area (Å²) in [4.78, 5) is 23.8. The van der Waals surface area contributed by atoms with Gasteiger partial charge < -0.3 is 5.32 Å². The van der Waals surface area contributed by atoms with Gasteiger partial charge in [-0.3, -0.25) is 14.8 Å². The van der Waals surface area contributed by atoms with E-state index in [9.17, 15) is 18.4 Å². The number of rotatable bonds is 9. The van der Waals surface area contributed by atoms with Crippen LogP contribution in [-0.4, -0.2) is 32.0 Å². The van der Waals surface area contributed by atoms with Crippen LogP contribution in [0.25, 0.3) is 0 Å². The van der Waals surface area contributed by atoms with Gasteiger partial charge in [0.1, 0.15) is 5.69 Å². The van der Waals surface area contributed by atoms with E-state index in [2.05, 4.69) is 15.6 Å². The normalized spacial score (nSPS) is 11.7. The molecule has 0 aliphatic carbocycles. The highest BCUT2D eigenvalue weighted by molar-refractivity contribution is 5.94. The third-order valence-electron chi connectivity index (χ3n) is 4.70. The maximum atomic E-state index is 13.3. The van der Waals surface area contributed by atoms with E-state index in [-0.39, 0.29) is 24.6 Å². The van der Waals surface area contributed by atoms with Crippen molar-refractivity contribution >= 4 is 11.8 Å². The number of benzene rings is 2. The first-order valence-electron chi connectivity index (χ1n) is 9.57. The first kappa shape index (κ1) is 22.0. The van der Waals surface area contributed by atoms with Gasteiger partial charge in [-0.2, -0.15) is 0 Å². The average molecular weight is 429 g/mol. The van der Waals surface area contributed by atoms with Crippen LogP contribution in [0, 0.1) is 11.6 Å². The molecule has 1 aromatic heterocycles. The van der Waals surface area contributed by atoms with Crippen LogP contribution < -0.4 is 10.8 Å². The zero-order valence-corrected chi connectivity index (χ0v) is 16.5. The Hall–Kier alpha value is -3.66. The molecule has 1 atom stereocenters. The summed E-state index contributed by atoms with van der Waals surface area (Å²) >= 11 is 0. The lowest BCUT2D eigenvalue weighted by Crippen LogP contribution is -2.24. The fourth-order valence-electron chi connectivity index (χ4n) is 3.05. The van der Waals surface area contributed by atoms with Gasteiger partial charge >= 0.3 is 0 Å². The molecular formula is C21H21F2N5O3. The van der Waals surface area contributed by atoms with Crippen LogP contribution in [-0.2, 0) is 17.8 Å². The predicted molar refractivity (Wildman–Crippen MR) is 106 cm³/mol. The van der Waals surface area contributed by atoms with Crippen LogP contribution in [0.4, 0.5) is 8.78 Å². The zero-order valence-electron chi connectivity index (χ0n) is 16.5. The fraction of sp³-hybridized carbons (Fsp3) is 0.238. The second kappa shape index (κ2) is 10.4. The molecule has 0 saturated heterocycles. The van der Waals surface area contributed by atoms with Gasteiger partial charge in [0.2, 0.25) is 5.91 Å². The maximum absolute atomic E-state index is 13.3. The van der Waals surface area contributed by atoms with Crippen molar-refractivity contribution in [2.24, 2.45) is 0 Å². The summed E-state index contributed by atoms with van der Waals surface area (Å²) in [5.41, 5.74) is 3.12. The molecule has 0 saturated carbocycles. The van der Waals surface area contributed by atoms with E-state index >= 15 is 0 Å². The second-order valence-corrected chi connectivity index (χ2v) is 6.92. The number of aryl methyl sites for hydroxylation is 1. The second-order valence-electron chi connectivity index (χ2n) is 6.92. The highest BCUT2D eigenvalue weighted by Crippen LogP contribution is 2.19. The smallest absolute Gasteiger partial charge is 0.251 e. The molecule has 0 fully saturated rings. The maximum Gasteiger partial charge on any atom is 0.251 e. The Balaban J connectivity index is 1.63. The van der Waals surface area contributed by atoms with Gasteiger partial charge in [0.25, 0.3) is 5.91 Å². The van der Waals surface area contributed by atoms with E-state index in [0.717, 1.165) is 17.7 Å². The fourth-order valence-corrected chi connectivity index (χ4v) is 3.05. The Kier molecular flexibility index (Phi) is 7.39. The van der Waals surface area contributed by atoms with Gasteiger partial charge in [-0.25, -0.2) is 18.9 Å². The highest BCUT2D eigenvalue weighted by atomic mass is 19.2. The number of nitrogens with zero attached hydrogens (tertiary/aromatic N) is 3. The molecule has 162 valence electrons. The minimum atomic E-state index is -1.11. The van der Waals surface area contributed by atoms with Crippen molar-refractivity contribution in [2.45, 2.75) is 31.8 Å². The van der Waals surface area contributed by atoms with E-state index in [1.807, 2.05) is 30.3 Å². The molecule has 8 nitrogen and oxygen atoms in total. The SMILES string of the molecule is O=C(C[C@@H](CCc1ccccc1)n1cc(CNC(=O)c2ccc(F)c(F)c2)nn1)NO. The van der Waals surface area contributed by atoms with Crippen molar-refractivity contribution in [3.63, 3.8) is 0 Å². The van der Waals surface area contributed by atoms with Crippen molar-refractivity contribution in [1.29, 1.82) is 0 Å². The standard InChI is InChI=1S/C21H21F2N5O3/c22-18-9-7-15(10-19(18)23)21(30)24-12-16-13-28(27-25-16)17(11-20(29)26-31)8-6-14-4-2-1-3-5-14/h1-5,7,9-10,13,17,31H,6,8,11-12H2,(H,24,30)(H,26,29)/t17-/m1/s1. The van der Waals surface area contributed by atoms with E-state index in [1.165, 1.54) is 10.7 Å². The largest absolute Gasteiger partial charge is 0.346 e. The molecule has 31 heavy (non-hydrogen) atoms. The Labute approximate surface area is 176 Å². The first-order valence-corrected chi connectivity index (χ1v) is 9.57. The number of halogens is 2. The molecule has 0 radical (unpaired) electrons. The third kappa shape index (κ3) is 6.16. The topological polar surface area (TPSA) is 109 Å². The number of hydroxylamine groups is 1. The Morgan fingerprint density at radius 1 is 1.10 bits per heavy atom. The molecule has 0 bridgehead atoms. The molecule has 10 heteroatoms. The number of carbonyl (C=O) groups is 2. The number of amides is 2. The summed E-state index contributed by atoms with van der Waals surface area (Å²) in [5.74, 6) is -3.29. The lowest BCUT2D eigenvalue weighted by atomic mass is 10.0. The molecule has 3 N–H and O–H groups in total. The first-order chi connectivity index (χ1) is 15.0. The minimum absolute atomic E-state index is 0.00660. The summed E-state index contributed by atoms with van der Waals surface area (Å²) < 4.78 is 27.8. The van der Waals surface area contributed by atoms with Gasteiger partial charge in [-0.15, -0.1) is 5.10 Å². The van der Waals surface area contributed by atoms with Crippen molar-refractivity contribution in [3.8, 4) is 0 Å². The monoisotopic (exact) mass is 429 g/mol. The lowest BCUT2D eigenvalue weighted by molar-refractivity contribution is -0.130. The molecular weight excluding hydrogens is 408 g/mol. The van der Waals surface area contributed by atoms with Crippen LogP contribution in [0.3, 0.4) is 0 Å².